The predicted octanol–water partition coefficient (Wildman–Crippen LogP) is 1.34. The minimum atomic E-state index is 0.871. The van der Waals surface area contributed by atoms with Crippen LogP contribution in [0.25, 0.3) is 0 Å². The van der Waals surface area contributed by atoms with Crippen molar-refractivity contribution in [3.8, 4) is 0 Å². The van der Waals surface area contributed by atoms with E-state index in [9.17, 15) is 0 Å². The molecular weight excluding hydrogens is 200 g/mol. The molecule has 2 aliphatic heterocycles. The summed E-state index contributed by atoms with van der Waals surface area (Å²) < 4.78 is 5.40. The molecule has 0 aromatic rings. The number of nitrogens with one attached hydrogen (secondary N) is 1. The fourth-order valence-electron chi connectivity index (χ4n) is 2.96. The van der Waals surface area contributed by atoms with E-state index in [4.69, 9.17) is 4.74 Å². The summed E-state index contributed by atoms with van der Waals surface area (Å²) in [5, 5.41) is 3.50. The molecule has 0 aromatic carbocycles. The molecule has 0 radical (unpaired) electrons. The highest BCUT2D eigenvalue weighted by Crippen LogP contribution is 2.17. The highest BCUT2D eigenvalue weighted by molar-refractivity contribution is 4.74. The van der Waals surface area contributed by atoms with Gasteiger partial charge >= 0.3 is 0 Å². The van der Waals surface area contributed by atoms with Crippen LogP contribution in [0.1, 0.15) is 25.7 Å². The minimum absolute atomic E-state index is 0.871. The largest absolute Gasteiger partial charge is 0.381 e. The highest BCUT2D eigenvalue weighted by atomic mass is 16.5. The van der Waals surface area contributed by atoms with E-state index in [1.165, 1.54) is 51.9 Å². The van der Waals surface area contributed by atoms with E-state index in [0.29, 0.717) is 0 Å². The third-order valence-corrected chi connectivity index (χ3v) is 3.88. The molecule has 0 aliphatic carbocycles. The Bertz CT molecular complexity index is 166. The first kappa shape index (κ1) is 12.3. The molecule has 2 aliphatic rings. The van der Waals surface area contributed by atoms with Gasteiger partial charge in [-0.2, -0.15) is 0 Å². The number of piperidine rings is 1. The van der Waals surface area contributed by atoms with E-state index in [1.807, 2.05) is 0 Å². The zero-order chi connectivity index (χ0) is 11.2. The molecule has 0 saturated carbocycles. The third-order valence-electron chi connectivity index (χ3n) is 3.88. The Morgan fingerprint density at radius 2 is 1.88 bits per heavy atom. The SMILES string of the molecule is CN(CC1CCOCC1)CC1CCCNC1. The van der Waals surface area contributed by atoms with Crippen molar-refractivity contribution in [3.63, 3.8) is 0 Å². The smallest absolute Gasteiger partial charge is 0.0469 e. The van der Waals surface area contributed by atoms with Crippen molar-refractivity contribution in [3.05, 3.63) is 0 Å². The van der Waals surface area contributed by atoms with E-state index in [0.717, 1.165) is 25.0 Å². The standard InChI is InChI=1S/C13H26N2O/c1-15(10-12-4-7-16-8-5-12)11-13-3-2-6-14-9-13/h12-14H,2-11H2,1H3. The Morgan fingerprint density at radius 3 is 2.56 bits per heavy atom. The van der Waals surface area contributed by atoms with E-state index < -0.39 is 0 Å². The monoisotopic (exact) mass is 226 g/mol. The number of hydrogen-bond acceptors (Lipinski definition) is 3. The zero-order valence-corrected chi connectivity index (χ0v) is 10.6. The van der Waals surface area contributed by atoms with Gasteiger partial charge in [-0.15, -0.1) is 0 Å². The fourth-order valence-corrected chi connectivity index (χ4v) is 2.96. The van der Waals surface area contributed by atoms with Crippen molar-refractivity contribution in [1.29, 1.82) is 0 Å². The Kier molecular flexibility index (Phi) is 5.07. The molecule has 16 heavy (non-hydrogen) atoms. The normalized spacial score (nSPS) is 28.5. The van der Waals surface area contributed by atoms with Crippen molar-refractivity contribution in [2.45, 2.75) is 25.7 Å². The van der Waals surface area contributed by atoms with E-state index >= 15 is 0 Å². The Morgan fingerprint density at radius 1 is 1.12 bits per heavy atom. The molecule has 0 aromatic heterocycles. The van der Waals surface area contributed by atoms with Gasteiger partial charge in [-0.05, 0) is 57.7 Å². The van der Waals surface area contributed by atoms with Crippen LogP contribution in [0.5, 0.6) is 0 Å². The highest BCUT2D eigenvalue weighted by Gasteiger charge is 2.19. The van der Waals surface area contributed by atoms with Gasteiger partial charge in [-0.3, -0.25) is 0 Å². The summed E-state index contributed by atoms with van der Waals surface area (Å²) in [5.41, 5.74) is 0. The molecule has 1 unspecified atom stereocenters. The van der Waals surface area contributed by atoms with Crippen LogP contribution in [0.4, 0.5) is 0 Å². The van der Waals surface area contributed by atoms with Gasteiger partial charge in [0.05, 0.1) is 0 Å². The number of rotatable bonds is 4. The molecule has 94 valence electrons. The summed E-state index contributed by atoms with van der Waals surface area (Å²) in [6, 6.07) is 0. The lowest BCUT2D eigenvalue weighted by Gasteiger charge is -2.31. The quantitative estimate of drug-likeness (QED) is 0.783. The van der Waals surface area contributed by atoms with Crippen LogP contribution < -0.4 is 5.32 Å². The first-order chi connectivity index (χ1) is 7.84. The minimum Gasteiger partial charge on any atom is -0.381 e. The molecular formula is C13H26N2O. The second kappa shape index (κ2) is 6.58. The molecule has 1 atom stereocenters. The van der Waals surface area contributed by atoms with Crippen molar-refractivity contribution < 1.29 is 4.74 Å². The van der Waals surface area contributed by atoms with Crippen molar-refractivity contribution in [1.82, 2.24) is 10.2 Å². The summed E-state index contributed by atoms with van der Waals surface area (Å²) in [5.74, 6) is 1.74. The van der Waals surface area contributed by atoms with Gasteiger partial charge in [0.1, 0.15) is 0 Å². The maximum absolute atomic E-state index is 5.40. The van der Waals surface area contributed by atoms with Crippen LogP contribution in [0, 0.1) is 11.8 Å². The van der Waals surface area contributed by atoms with Gasteiger partial charge in [0.2, 0.25) is 0 Å². The van der Waals surface area contributed by atoms with Crippen LogP contribution in [0.3, 0.4) is 0 Å². The lowest BCUT2D eigenvalue weighted by Crippen LogP contribution is -2.39. The first-order valence-electron chi connectivity index (χ1n) is 6.81. The van der Waals surface area contributed by atoms with E-state index in [-0.39, 0.29) is 0 Å². The zero-order valence-electron chi connectivity index (χ0n) is 10.6. The summed E-state index contributed by atoms with van der Waals surface area (Å²) in [6.45, 7) is 6.93. The molecule has 0 bridgehead atoms. The molecule has 0 amide bonds. The lowest BCUT2D eigenvalue weighted by molar-refractivity contribution is 0.0535. The number of hydrogen-bond donors (Lipinski definition) is 1. The van der Waals surface area contributed by atoms with Crippen LogP contribution in [0.2, 0.25) is 0 Å². The summed E-state index contributed by atoms with van der Waals surface area (Å²) in [7, 11) is 2.28. The van der Waals surface area contributed by atoms with Crippen molar-refractivity contribution >= 4 is 0 Å². The van der Waals surface area contributed by atoms with Gasteiger partial charge in [-0.1, -0.05) is 0 Å². The molecule has 2 fully saturated rings. The van der Waals surface area contributed by atoms with Gasteiger partial charge in [-0.25, -0.2) is 0 Å². The molecule has 3 nitrogen and oxygen atoms in total. The van der Waals surface area contributed by atoms with Crippen LogP contribution >= 0.6 is 0 Å². The van der Waals surface area contributed by atoms with Gasteiger partial charge in [0.25, 0.3) is 0 Å². The molecule has 1 N–H and O–H groups in total. The van der Waals surface area contributed by atoms with Crippen LogP contribution in [0.15, 0.2) is 0 Å². The molecule has 3 heteroatoms. The van der Waals surface area contributed by atoms with E-state index in [1.54, 1.807) is 0 Å². The van der Waals surface area contributed by atoms with Crippen LogP contribution in [-0.2, 0) is 4.74 Å². The second-order valence-corrected chi connectivity index (χ2v) is 5.49. The maximum atomic E-state index is 5.40. The third kappa shape index (κ3) is 4.04. The van der Waals surface area contributed by atoms with Gasteiger partial charge < -0.3 is 15.0 Å². The summed E-state index contributed by atoms with van der Waals surface area (Å²) >= 11 is 0. The van der Waals surface area contributed by atoms with E-state index in [2.05, 4.69) is 17.3 Å². The Balaban J connectivity index is 1.64. The predicted molar refractivity (Wildman–Crippen MR) is 66.6 cm³/mol. The topological polar surface area (TPSA) is 24.5 Å². The maximum Gasteiger partial charge on any atom is 0.0469 e. The first-order valence-corrected chi connectivity index (χ1v) is 6.81. The lowest BCUT2D eigenvalue weighted by atomic mass is 9.97. The van der Waals surface area contributed by atoms with Crippen LogP contribution in [-0.4, -0.2) is 51.3 Å². The molecule has 2 rings (SSSR count). The molecule has 2 saturated heterocycles. The van der Waals surface area contributed by atoms with Gasteiger partial charge in [0.15, 0.2) is 0 Å². The fraction of sp³-hybridized carbons (Fsp3) is 1.00. The second-order valence-electron chi connectivity index (χ2n) is 5.49. The summed E-state index contributed by atoms with van der Waals surface area (Å²) in [4.78, 5) is 2.54. The molecule has 2 heterocycles. The average molecular weight is 226 g/mol. The van der Waals surface area contributed by atoms with Gasteiger partial charge in [0, 0.05) is 26.3 Å². The molecule has 0 spiro atoms. The Labute approximate surface area is 99.5 Å². The average Bonchev–Trinajstić information content (AvgIpc) is 2.31. The number of nitrogens with zero attached hydrogens (tertiary/aromatic N) is 1. The van der Waals surface area contributed by atoms with Crippen molar-refractivity contribution in [2.24, 2.45) is 11.8 Å². The number of ether oxygens (including phenoxy) is 1. The summed E-state index contributed by atoms with van der Waals surface area (Å²) in [6.07, 6.45) is 5.28. The van der Waals surface area contributed by atoms with Crippen molar-refractivity contribution in [2.75, 3.05) is 46.4 Å². The Hall–Kier alpha value is -0.120.